The minimum Gasteiger partial charge on any atom is -0.440 e. The molecular formula is C26H20N4O3. The standard InChI is InChI=1S/C26H20N4O3/c31-22(29-30-17-27-21-14-8-7-13-20(21)26(30)32)15-16-23-28-24(18-9-3-1-4-10-18)25(33-23)19-11-5-2-6-12-19/h1-14,17H,15-16H2,(H,29,31). The lowest BCUT2D eigenvalue weighted by atomic mass is 10.1. The number of carbonyl (C=O) groups excluding carboxylic acids is 1. The van der Waals surface area contributed by atoms with Gasteiger partial charge in [0.15, 0.2) is 11.7 Å². The van der Waals surface area contributed by atoms with Crippen molar-refractivity contribution in [3.8, 4) is 22.6 Å². The smallest absolute Gasteiger partial charge is 0.280 e. The highest BCUT2D eigenvalue weighted by atomic mass is 16.4. The molecule has 0 radical (unpaired) electrons. The van der Waals surface area contributed by atoms with E-state index in [-0.39, 0.29) is 24.3 Å². The third-order valence-corrected chi connectivity index (χ3v) is 5.23. The van der Waals surface area contributed by atoms with Crippen LogP contribution in [-0.2, 0) is 11.2 Å². The summed E-state index contributed by atoms with van der Waals surface area (Å²) in [4.78, 5) is 34.0. The largest absolute Gasteiger partial charge is 0.440 e. The minimum atomic E-state index is -0.338. The van der Waals surface area contributed by atoms with Gasteiger partial charge in [0.2, 0.25) is 5.91 Å². The molecular weight excluding hydrogens is 416 g/mol. The molecule has 162 valence electrons. The summed E-state index contributed by atoms with van der Waals surface area (Å²) in [5.41, 5.74) is 5.41. The molecule has 33 heavy (non-hydrogen) atoms. The maximum absolute atomic E-state index is 12.6. The molecule has 0 bridgehead atoms. The molecule has 3 aromatic carbocycles. The number of amides is 1. The Morgan fingerprint density at radius 1 is 0.879 bits per heavy atom. The number of para-hydroxylation sites is 1. The van der Waals surface area contributed by atoms with E-state index in [1.807, 2.05) is 66.7 Å². The van der Waals surface area contributed by atoms with Crippen LogP contribution < -0.4 is 11.0 Å². The van der Waals surface area contributed by atoms with Crippen molar-refractivity contribution in [2.24, 2.45) is 0 Å². The zero-order valence-corrected chi connectivity index (χ0v) is 17.6. The highest BCUT2D eigenvalue weighted by molar-refractivity contribution is 5.84. The van der Waals surface area contributed by atoms with Gasteiger partial charge in [-0.3, -0.25) is 15.0 Å². The molecule has 5 rings (SSSR count). The number of aryl methyl sites for hydroxylation is 1. The third kappa shape index (κ3) is 4.29. The molecule has 1 amide bonds. The first-order valence-corrected chi connectivity index (χ1v) is 10.6. The summed E-state index contributed by atoms with van der Waals surface area (Å²) in [7, 11) is 0. The number of fused-ring (bicyclic) bond motifs is 1. The molecule has 0 saturated carbocycles. The van der Waals surface area contributed by atoms with Gasteiger partial charge in [-0.15, -0.1) is 0 Å². The van der Waals surface area contributed by atoms with Crippen LogP contribution in [0.3, 0.4) is 0 Å². The van der Waals surface area contributed by atoms with E-state index >= 15 is 0 Å². The van der Waals surface area contributed by atoms with Gasteiger partial charge in [0.25, 0.3) is 5.56 Å². The second-order valence-electron chi connectivity index (χ2n) is 7.49. The van der Waals surface area contributed by atoms with Crippen LogP contribution in [0, 0.1) is 0 Å². The summed E-state index contributed by atoms with van der Waals surface area (Å²) in [5.74, 6) is 0.772. The molecule has 2 heterocycles. The van der Waals surface area contributed by atoms with E-state index in [4.69, 9.17) is 4.42 Å². The van der Waals surface area contributed by atoms with Crippen molar-refractivity contribution in [3.63, 3.8) is 0 Å². The van der Waals surface area contributed by atoms with E-state index in [0.717, 1.165) is 21.5 Å². The average Bonchev–Trinajstić information content (AvgIpc) is 3.30. The van der Waals surface area contributed by atoms with E-state index < -0.39 is 0 Å². The van der Waals surface area contributed by atoms with Crippen molar-refractivity contribution in [1.82, 2.24) is 14.6 Å². The van der Waals surface area contributed by atoms with Crippen LogP contribution in [0.1, 0.15) is 12.3 Å². The van der Waals surface area contributed by atoms with E-state index in [2.05, 4.69) is 15.4 Å². The molecule has 0 atom stereocenters. The Bertz CT molecular complexity index is 1420. The molecule has 0 saturated heterocycles. The Balaban J connectivity index is 1.36. The van der Waals surface area contributed by atoms with E-state index in [9.17, 15) is 9.59 Å². The van der Waals surface area contributed by atoms with Gasteiger partial charge >= 0.3 is 0 Å². The van der Waals surface area contributed by atoms with Crippen LogP contribution in [0.5, 0.6) is 0 Å². The summed E-state index contributed by atoms with van der Waals surface area (Å²) in [5, 5.41) is 0.438. The van der Waals surface area contributed by atoms with Crippen molar-refractivity contribution in [3.05, 3.63) is 108 Å². The molecule has 7 nitrogen and oxygen atoms in total. The van der Waals surface area contributed by atoms with Crippen molar-refractivity contribution in [2.75, 3.05) is 5.43 Å². The highest BCUT2D eigenvalue weighted by Gasteiger charge is 2.17. The molecule has 0 fully saturated rings. The topological polar surface area (TPSA) is 90.0 Å². The van der Waals surface area contributed by atoms with Crippen LogP contribution in [-0.4, -0.2) is 20.6 Å². The zero-order chi connectivity index (χ0) is 22.6. The van der Waals surface area contributed by atoms with Gasteiger partial charge in [-0.25, -0.2) is 14.6 Å². The predicted octanol–water partition coefficient (Wildman–Crippen LogP) is 4.42. The number of nitrogens with one attached hydrogen (secondary N) is 1. The summed E-state index contributed by atoms with van der Waals surface area (Å²) >= 11 is 0. The molecule has 0 aliphatic carbocycles. The number of aromatic nitrogens is 3. The Kier molecular flexibility index (Phi) is 5.51. The summed E-state index contributed by atoms with van der Waals surface area (Å²) in [6.07, 6.45) is 1.70. The maximum Gasteiger partial charge on any atom is 0.280 e. The van der Waals surface area contributed by atoms with Crippen molar-refractivity contribution in [1.29, 1.82) is 0 Å². The quantitative estimate of drug-likeness (QED) is 0.426. The lowest BCUT2D eigenvalue weighted by molar-refractivity contribution is -0.117. The fourth-order valence-electron chi connectivity index (χ4n) is 3.61. The minimum absolute atomic E-state index is 0.0994. The second kappa shape index (κ2) is 8.92. The second-order valence-corrected chi connectivity index (χ2v) is 7.49. The van der Waals surface area contributed by atoms with E-state index in [1.54, 1.807) is 18.2 Å². The number of carbonyl (C=O) groups is 1. The molecule has 0 spiro atoms. The van der Waals surface area contributed by atoms with Crippen LogP contribution in [0.25, 0.3) is 33.5 Å². The van der Waals surface area contributed by atoms with Gasteiger partial charge in [0, 0.05) is 24.0 Å². The van der Waals surface area contributed by atoms with Gasteiger partial charge in [0.1, 0.15) is 12.0 Å². The van der Waals surface area contributed by atoms with Gasteiger partial charge in [-0.2, -0.15) is 0 Å². The first-order chi connectivity index (χ1) is 16.2. The monoisotopic (exact) mass is 436 g/mol. The summed E-state index contributed by atoms with van der Waals surface area (Å²) in [6, 6.07) is 26.5. The summed E-state index contributed by atoms with van der Waals surface area (Å²) < 4.78 is 7.17. The van der Waals surface area contributed by atoms with E-state index in [0.29, 0.717) is 22.6 Å². The normalized spacial score (nSPS) is 10.9. The van der Waals surface area contributed by atoms with Gasteiger partial charge in [-0.05, 0) is 12.1 Å². The number of hydrogen-bond donors (Lipinski definition) is 1. The lowest BCUT2D eigenvalue weighted by Crippen LogP contribution is -2.33. The van der Waals surface area contributed by atoms with Crippen LogP contribution in [0.4, 0.5) is 0 Å². The molecule has 0 unspecified atom stereocenters. The summed E-state index contributed by atoms with van der Waals surface area (Å²) in [6.45, 7) is 0. The van der Waals surface area contributed by atoms with Crippen LogP contribution >= 0.6 is 0 Å². The zero-order valence-electron chi connectivity index (χ0n) is 17.6. The number of benzene rings is 3. The fourth-order valence-corrected chi connectivity index (χ4v) is 3.61. The lowest BCUT2D eigenvalue weighted by Gasteiger charge is -2.07. The maximum atomic E-state index is 12.6. The van der Waals surface area contributed by atoms with Gasteiger partial charge in [0.05, 0.1) is 10.9 Å². The molecule has 0 aliphatic heterocycles. The predicted molar refractivity (Wildman–Crippen MR) is 126 cm³/mol. The third-order valence-electron chi connectivity index (χ3n) is 5.23. The highest BCUT2D eigenvalue weighted by Crippen LogP contribution is 2.32. The number of oxazole rings is 1. The Morgan fingerprint density at radius 2 is 1.55 bits per heavy atom. The number of hydrogen-bond acceptors (Lipinski definition) is 5. The van der Waals surface area contributed by atoms with E-state index in [1.165, 1.54) is 6.33 Å². The van der Waals surface area contributed by atoms with Crippen molar-refractivity contribution in [2.45, 2.75) is 12.8 Å². The molecule has 7 heteroatoms. The van der Waals surface area contributed by atoms with Gasteiger partial charge in [-0.1, -0.05) is 72.8 Å². The molecule has 1 N–H and O–H groups in total. The Hall–Kier alpha value is -4.52. The molecule has 2 aromatic heterocycles. The molecule has 5 aromatic rings. The van der Waals surface area contributed by atoms with Crippen molar-refractivity contribution >= 4 is 16.8 Å². The number of rotatable bonds is 6. The Morgan fingerprint density at radius 3 is 2.30 bits per heavy atom. The van der Waals surface area contributed by atoms with Crippen molar-refractivity contribution < 1.29 is 9.21 Å². The molecule has 0 aliphatic rings. The number of nitrogens with zero attached hydrogens (tertiary/aromatic N) is 3. The van der Waals surface area contributed by atoms with Crippen LogP contribution in [0.2, 0.25) is 0 Å². The first kappa shape index (κ1) is 20.4. The SMILES string of the molecule is O=C(CCc1nc(-c2ccccc2)c(-c2ccccc2)o1)Nn1cnc2ccccc2c1=O. The average molecular weight is 436 g/mol. The van der Waals surface area contributed by atoms with Gasteiger partial charge < -0.3 is 4.42 Å². The van der Waals surface area contributed by atoms with Crippen LogP contribution in [0.15, 0.2) is 100 Å². The first-order valence-electron chi connectivity index (χ1n) is 10.6. The Labute approximate surface area is 189 Å². The fraction of sp³-hybridized carbons (Fsp3) is 0.0769.